The number of ketones is 1. The first-order valence-corrected chi connectivity index (χ1v) is 11.7. The molecule has 2 atom stereocenters. The van der Waals surface area contributed by atoms with Crippen molar-refractivity contribution < 1.29 is 9.18 Å². The van der Waals surface area contributed by atoms with Gasteiger partial charge in [0.15, 0.2) is 11.4 Å². The molecule has 7 heteroatoms. The number of carbonyl (C=O) groups excluding carboxylic acids is 1. The van der Waals surface area contributed by atoms with Crippen LogP contribution in [0.25, 0.3) is 5.65 Å². The van der Waals surface area contributed by atoms with Gasteiger partial charge in [-0.2, -0.15) is 5.10 Å². The van der Waals surface area contributed by atoms with E-state index in [4.69, 9.17) is 4.98 Å². The molecule has 1 aliphatic heterocycles. The van der Waals surface area contributed by atoms with Crippen molar-refractivity contribution in [2.75, 3.05) is 11.4 Å². The highest BCUT2D eigenvalue weighted by Gasteiger charge is 2.39. The van der Waals surface area contributed by atoms with Crippen molar-refractivity contribution in [2.24, 2.45) is 11.3 Å². The Hall–Kier alpha value is -2.83. The molecule has 3 aromatic heterocycles. The Morgan fingerprint density at radius 1 is 1.28 bits per heavy atom. The Morgan fingerprint density at radius 2 is 2.12 bits per heavy atom. The third kappa shape index (κ3) is 3.67. The fourth-order valence-electron chi connectivity index (χ4n) is 5.57. The number of hydrogen-bond donors (Lipinski definition) is 0. The molecule has 0 bridgehead atoms. The van der Waals surface area contributed by atoms with Gasteiger partial charge >= 0.3 is 0 Å². The molecule has 0 N–H and O–H groups in total. The molecular formula is C25H30FN5O. The molecule has 0 amide bonds. The van der Waals surface area contributed by atoms with Gasteiger partial charge < -0.3 is 4.90 Å². The summed E-state index contributed by atoms with van der Waals surface area (Å²) < 4.78 is 15.4. The predicted octanol–water partition coefficient (Wildman–Crippen LogP) is 5.39. The quantitative estimate of drug-likeness (QED) is 0.465. The molecule has 32 heavy (non-hydrogen) atoms. The Bertz CT molecular complexity index is 1140. The normalized spacial score (nSPS) is 21.0. The molecular weight excluding hydrogens is 405 g/mol. The van der Waals surface area contributed by atoms with E-state index in [9.17, 15) is 9.18 Å². The van der Waals surface area contributed by atoms with Gasteiger partial charge in [-0.25, -0.2) is 13.9 Å². The van der Waals surface area contributed by atoms with Crippen LogP contribution in [-0.4, -0.2) is 31.9 Å². The van der Waals surface area contributed by atoms with Gasteiger partial charge in [0.1, 0.15) is 11.6 Å². The average molecular weight is 436 g/mol. The lowest BCUT2D eigenvalue weighted by molar-refractivity contribution is 0.0555. The number of hydrogen-bond acceptors (Lipinski definition) is 5. The van der Waals surface area contributed by atoms with E-state index in [1.54, 1.807) is 23.0 Å². The smallest absolute Gasteiger partial charge is 0.168 e. The van der Waals surface area contributed by atoms with Crippen molar-refractivity contribution in [3.63, 3.8) is 0 Å². The Balaban J connectivity index is 1.43. The number of carbonyl (C=O) groups is 1. The largest absolute Gasteiger partial charge is 0.349 e. The van der Waals surface area contributed by atoms with Crippen LogP contribution >= 0.6 is 0 Å². The number of Topliss-reactive ketones (excluding diaryl/α,β-unsaturated/α-hetero) is 1. The average Bonchev–Trinajstić information content (AvgIpc) is 3.42. The zero-order chi connectivity index (χ0) is 22.3. The number of fused-ring (bicyclic) bond motifs is 1. The van der Waals surface area contributed by atoms with Crippen LogP contribution < -0.4 is 4.90 Å². The van der Waals surface area contributed by atoms with Crippen LogP contribution in [0, 0.1) is 17.2 Å². The summed E-state index contributed by atoms with van der Waals surface area (Å²) in [5, 5.41) is 4.38. The van der Waals surface area contributed by atoms with Gasteiger partial charge in [-0.1, -0.05) is 26.7 Å². The van der Waals surface area contributed by atoms with Crippen molar-refractivity contribution in [1.29, 1.82) is 0 Å². The zero-order valence-electron chi connectivity index (χ0n) is 18.8. The minimum absolute atomic E-state index is 0.0262. The summed E-state index contributed by atoms with van der Waals surface area (Å²) in [5.74, 6) is 0.978. The molecule has 168 valence electrons. The van der Waals surface area contributed by atoms with Crippen LogP contribution in [-0.2, 0) is 0 Å². The van der Waals surface area contributed by atoms with Gasteiger partial charge in [-0.15, -0.1) is 0 Å². The second-order valence-corrected chi connectivity index (χ2v) is 9.64. The molecule has 5 rings (SSSR count). The van der Waals surface area contributed by atoms with E-state index in [0.29, 0.717) is 23.5 Å². The molecule has 1 saturated heterocycles. The summed E-state index contributed by atoms with van der Waals surface area (Å²) in [5.41, 5.74) is 2.34. The summed E-state index contributed by atoms with van der Waals surface area (Å²) in [6.45, 7) is 5.33. The molecule has 0 radical (unpaired) electrons. The van der Waals surface area contributed by atoms with Gasteiger partial charge in [0.05, 0.1) is 24.0 Å². The highest BCUT2D eigenvalue weighted by Crippen LogP contribution is 2.49. The number of anilines is 1. The standard InChI is InChI=1S/C25H30FN5O/c1-3-18(25(2)8-5-9-25)13-22(32)20-16-28-31-11-7-23(29-24(20)31)30-10-4-6-21(30)17-12-19(26)15-27-14-17/h7,11-12,14-16,18,21H,3-6,8-10,13H2,1-2H3. The van der Waals surface area contributed by atoms with Gasteiger partial charge in [0.2, 0.25) is 0 Å². The lowest BCUT2D eigenvalue weighted by atomic mass is 9.60. The number of rotatable bonds is 7. The first-order chi connectivity index (χ1) is 15.5. The highest BCUT2D eigenvalue weighted by atomic mass is 19.1. The second-order valence-electron chi connectivity index (χ2n) is 9.64. The Kier molecular flexibility index (Phi) is 5.43. The van der Waals surface area contributed by atoms with E-state index in [2.05, 4.69) is 28.8 Å². The second kappa shape index (κ2) is 8.26. The van der Waals surface area contributed by atoms with Crippen LogP contribution in [0.15, 0.2) is 36.9 Å². The fourth-order valence-corrected chi connectivity index (χ4v) is 5.57. The van der Waals surface area contributed by atoms with E-state index in [-0.39, 0.29) is 23.1 Å². The van der Waals surface area contributed by atoms with Crippen molar-refractivity contribution in [1.82, 2.24) is 19.6 Å². The fraction of sp³-hybridized carbons (Fsp3) is 0.520. The number of pyridine rings is 1. The van der Waals surface area contributed by atoms with Crippen molar-refractivity contribution in [3.05, 3.63) is 53.9 Å². The highest BCUT2D eigenvalue weighted by molar-refractivity contribution is 6.01. The van der Waals surface area contributed by atoms with Crippen LogP contribution in [0.5, 0.6) is 0 Å². The van der Waals surface area contributed by atoms with E-state index >= 15 is 0 Å². The van der Waals surface area contributed by atoms with Crippen LogP contribution in [0.2, 0.25) is 0 Å². The molecule has 0 aromatic carbocycles. The number of halogens is 1. The third-order valence-corrected chi connectivity index (χ3v) is 7.72. The maximum absolute atomic E-state index is 13.8. The van der Waals surface area contributed by atoms with Gasteiger partial charge in [-0.05, 0) is 54.7 Å². The Morgan fingerprint density at radius 3 is 2.84 bits per heavy atom. The van der Waals surface area contributed by atoms with Crippen molar-refractivity contribution in [3.8, 4) is 0 Å². The van der Waals surface area contributed by atoms with Gasteiger partial charge in [-0.3, -0.25) is 9.78 Å². The molecule has 2 unspecified atom stereocenters. The monoisotopic (exact) mass is 435 g/mol. The number of nitrogens with zero attached hydrogens (tertiary/aromatic N) is 5. The van der Waals surface area contributed by atoms with Crippen molar-refractivity contribution >= 4 is 17.2 Å². The predicted molar refractivity (Wildman–Crippen MR) is 121 cm³/mol. The SMILES string of the molecule is CCC(CC(=O)c1cnn2ccc(N3CCCC3c3cncc(F)c3)nc12)C1(C)CCC1. The lowest BCUT2D eigenvalue weighted by Gasteiger charge is -2.45. The summed E-state index contributed by atoms with van der Waals surface area (Å²) >= 11 is 0. The van der Waals surface area contributed by atoms with E-state index in [1.807, 2.05) is 12.3 Å². The summed E-state index contributed by atoms with van der Waals surface area (Å²) in [7, 11) is 0. The summed E-state index contributed by atoms with van der Waals surface area (Å²) in [6, 6.07) is 3.50. The molecule has 4 heterocycles. The van der Waals surface area contributed by atoms with Crippen LogP contribution in [0.1, 0.15) is 80.8 Å². The van der Waals surface area contributed by atoms with Gasteiger partial charge in [0.25, 0.3) is 0 Å². The Labute approximate surface area is 187 Å². The molecule has 1 saturated carbocycles. The third-order valence-electron chi connectivity index (χ3n) is 7.72. The van der Waals surface area contributed by atoms with Crippen LogP contribution in [0.4, 0.5) is 10.2 Å². The molecule has 2 fully saturated rings. The maximum atomic E-state index is 13.8. The minimum atomic E-state index is -0.327. The van der Waals surface area contributed by atoms with E-state index in [1.165, 1.54) is 25.5 Å². The molecule has 2 aliphatic rings. The van der Waals surface area contributed by atoms with E-state index in [0.717, 1.165) is 37.2 Å². The molecule has 3 aromatic rings. The summed E-state index contributed by atoms with van der Waals surface area (Å²) in [6.07, 6.45) is 13.6. The lowest BCUT2D eigenvalue weighted by Crippen LogP contribution is -2.35. The number of aromatic nitrogens is 4. The first-order valence-electron chi connectivity index (χ1n) is 11.7. The topological polar surface area (TPSA) is 63.4 Å². The first kappa shape index (κ1) is 21.0. The minimum Gasteiger partial charge on any atom is -0.349 e. The van der Waals surface area contributed by atoms with Crippen molar-refractivity contribution in [2.45, 2.75) is 64.8 Å². The molecule has 1 aliphatic carbocycles. The molecule has 6 nitrogen and oxygen atoms in total. The van der Waals surface area contributed by atoms with Crippen LogP contribution in [0.3, 0.4) is 0 Å². The summed E-state index contributed by atoms with van der Waals surface area (Å²) in [4.78, 5) is 24.3. The molecule has 0 spiro atoms. The maximum Gasteiger partial charge on any atom is 0.168 e. The zero-order valence-corrected chi connectivity index (χ0v) is 18.8. The van der Waals surface area contributed by atoms with Gasteiger partial charge in [0, 0.05) is 25.4 Å². The van der Waals surface area contributed by atoms with E-state index < -0.39 is 0 Å².